The average molecular weight is 515 g/mol. The van der Waals surface area contributed by atoms with Gasteiger partial charge in [0.25, 0.3) is 0 Å². The maximum absolute atomic E-state index is 2.48. The van der Waals surface area contributed by atoms with E-state index in [0.717, 1.165) is 0 Å². The summed E-state index contributed by atoms with van der Waals surface area (Å²) in [5, 5.41) is 7.84. The summed E-state index contributed by atoms with van der Waals surface area (Å²) < 4.78 is 7.54. The Kier molecular flexibility index (Phi) is 4.24. The van der Waals surface area contributed by atoms with Crippen LogP contribution in [0.3, 0.4) is 0 Å². The molecule has 3 heterocycles. The number of nitrogens with zero attached hydrogens (tertiary/aromatic N) is 2. The van der Waals surface area contributed by atoms with Crippen LogP contribution >= 0.6 is 11.3 Å². The largest absolute Gasteiger partial charge is 0.309 e. The lowest BCUT2D eigenvalue weighted by Gasteiger charge is -2.10. The van der Waals surface area contributed by atoms with E-state index < -0.39 is 0 Å². The zero-order valence-corrected chi connectivity index (χ0v) is 21.8. The van der Waals surface area contributed by atoms with Crippen LogP contribution in [0.2, 0.25) is 0 Å². The fourth-order valence-corrected chi connectivity index (χ4v) is 7.75. The molecule has 0 saturated heterocycles. The Morgan fingerprint density at radius 1 is 0.385 bits per heavy atom. The van der Waals surface area contributed by atoms with Gasteiger partial charge in [-0.3, -0.25) is 0 Å². The van der Waals surface area contributed by atoms with E-state index in [2.05, 4.69) is 143 Å². The van der Waals surface area contributed by atoms with Crippen LogP contribution in [0.4, 0.5) is 0 Å². The minimum atomic E-state index is 1.18. The second-order valence-corrected chi connectivity index (χ2v) is 11.2. The van der Waals surface area contributed by atoms with Gasteiger partial charge in [0.1, 0.15) is 0 Å². The second-order valence-electron chi connectivity index (χ2n) is 10.1. The molecule has 0 amide bonds. The molecule has 0 bridgehead atoms. The molecule has 6 aromatic carbocycles. The van der Waals surface area contributed by atoms with Crippen LogP contribution < -0.4 is 0 Å². The molecule has 9 rings (SSSR count). The molecule has 0 fully saturated rings. The van der Waals surface area contributed by atoms with E-state index in [1.54, 1.807) is 0 Å². The predicted molar refractivity (Wildman–Crippen MR) is 168 cm³/mol. The third-order valence-corrected chi connectivity index (χ3v) is 9.32. The molecule has 0 aliphatic carbocycles. The summed E-state index contributed by atoms with van der Waals surface area (Å²) >= 11 is 1.89. The van der Waals surface area contributed by atoms with Crippen LogP contribution in [0.1, 0.15) is 0 Å². The Bertz CT molecular complexity index is 2390. The zero-order valence-electron chi connectivity index (χ0n) is 21.0. The lowest BCUT2D eigenvalue weighted by Crippen LogP contribution is -1.94. The van der Waals surface area contributed by atoms with Gasteiger partial charge in [-0.05, 0) is 48.5 Å². The molecular weight excluding hydrogens is 492 g/mol. The highest BCUT2D eigenvalue weighted by Gasteiger charge is 2.21. The minimum absolute atomic E-state index is 1.18. The van der Waals surface area contributed by atoms with Crippen molar-refractivity contribution >= 4 is 75.1 Å². The minimum Gasteiger partial charge on any atom is -0.309 e. The van der Waals surface area contributed by atoms with Gasteiger partial charge < -0.3 is 9.13 Å². The van der Waals surface area contributed by atoms with E-state index >= 15 is 0 Å². The molecule has 0 saturated carbocycles. The topological polar surface area (TPSA) is 9.86 Å². The molecule has 3 aromatic heterocycles. The molecule has 0 atom stereocenters. The van der Waals surface area contributed by atoms with E-state index in [4.69, 9.17) is 0 Å². The van der Waals surface area contributed by atoms with Gasteiger partial charge in [-0.25, -0.2) is 0 Å². The van der Waals surface area contributed by atoms with E-state index in [9.17, 15) is 0 Å². The molecule has 182 valence electrons. The Balaban J connectivity index is 1.49. The van der Waals surface area contributed by atoms with Gasteiger partial charge in [-0.1, -0.05) is 84.9 Å². The second kappa shape index (κ2) is 7.83. The van der Waals surface area contributed by atoms with Crippen molar-refractivity contribution in [2.24, 2.45) is 0 Å². The SMILES string of the molecule is c1ccc(-n2c3ccccc3c3c4c5ccccc5n(-c5cccc6c5sc5ccccc56)c4ccc32)cc1. The van der Waals surface area contributed by atoms with Crippen molar-refractivity contribution in [2.45, 2.75) is 0 Å². The summed E-state index contributed by atoms with van der Waals surface area (Å²) in [5.74, 6) is 0. The number of aromatic nitrogens is 2. The molecular formula is C36H22N2S. The van der Waals surface area contributed by atoms with Crippen molar-refractivity contribution < 1.29 is 0 Å². The van der Waals surface area contributed by atoms with Crippen molar-refractivity contribution in [1.29, 1.82) is 0 Å². The van der Waals surface area contributed by atoms with Crippen molar-refractivity contribution in [2.75, 3.05) is 0 Å². The molecule has 0 spiro atoms. The van der Waals surface area contributed by atoms with Gasteiger partial charge in [0.15, 0.2) is 0 Å². The third kappa shape index (κ3) is 2.80. The van der Waals surface area contributed by atoms with Crippen LogP contribution in [0.15, 0.2) is 133 Å². The molecule has 9 aromatic rings. The molecule has 0 unspecified atom stereocenters. The number of para-hydroxylation sites is 3. The van der Waals surface area contributed by atoms with Crippen LogP contribution in [-0.4, -0.2) is 9.13 Å². The number of hydrogen-bond donors (Lipinski definition) is 0. The van der Waals surface area contributed by atoms with Gasteiger partial charge >= 0.3 is 0 Å². The molecule has 39 heavy (non-hydrogen) atoms. The number of benzene rings is 6. The number of thiophene rings is 1. The van der Waals surface area contributed by atoms with E-state index in [1.807, 2.05) is 11.3 Å². The van der Waals surface area contributed by atoms with Gasteiger partial charge in [0.05, 0.1) is 32.5 Å². The van der Waals surface area contributed by atoms with Crippen molar-refractivity contribution in [3.63, 3.8) is 0 Å². The fraction of sp³-hybridized carbons (Fsp3) is 0. The van der Waals surface area contributed by atoms with Crippen LogP contribution in [0.25, 0.3) is 75.2 Å². The van der Waals surface area contributed by atoms with Crippen molar-refractivity contribution in [1.82, 2.24) is 9.13 Å². The van der Waals surface area contributed by atoms with Gasteiger partial charge in [-0.2, -0.15) is 0 Å². The normalized spacial score (nSPS) is 12.1. The van der Waals surface area contributed by atoms with Crippen LogP contribution in [0, 0.1) is 0 Å². The first-order chi connectivity index (χ1) is 19.4. The monoisotopic (exact) mass is 514 g/mol. The highest BCUT2D eigenvalue weighted by Crippen LogP contribution is 2.44. The average Bonchev–Trinajstić information content (AvgIpc) is 3.65. The summed E-state index contributed by atoms with van der Waals surface area (Å²) in [7, 11) is 0. The number of rotatable bonds is 2. The maximum atomic E-state index is 2.48. The lowest BCUT2D eigenvalue weighted by molar-refractivity contribution is 1.18. The Labute approximate surface area is 228 Å². The highest BCUT2D eigenvalue weighted by molar-refractivity contribution is 7.26. The highest BCUT2D eigenvalue weighted by atomic mass is 32.1. The van der Waals surface area contributed by atoms with Gasteiger partial charge in [0, 0.05) is 42.7 Å². The number of fused-ring (bicyclic) bond motifs is 10. The van der Waals surface area contributed by atoms with E-state index in [-0.39, 0.29) is 0 Å². The maximum Gasteiger partial charge on any atom is 0.0640 e. The smallest absolute Gasteiger partial charge is 0.0640 e. The summed E-state index contributed by atoms with van der Waals surface area (Å²) in [4.78, 5) is 0. The van der Waals surface area contributed by atoms with Crippen LogP contribution in [0.5, 0.6) is 0 Å². The lowest BCUT2D eigenvalue weighted by atomic mass is 10.1. The van der Waals surface area contributed by atoms with E-state index in [0.29, 0.717) is 0 Å². The zero-order chi connectivity index (χ0) is 25.5. The first kappa shape index (κ1) is 21.1. The third-order valence-electron chi connectivity index (χ3n) is 8.11. The standard InChI is InChI=1S/C36H22N2S/c1-2-11-23(12-3-1)37-28-17-7-4-14-26(28)34-30(37)21-22-31-35(34)27-15-5-8-18-29(27)38(31)32-19-10-16-25-24-13-6-9-20-33(24)39-36(25)32/h1-22H. The molecule has 0 N–H and O–H groups in total. The predicted octanol–water partition coefficient (Wildman–Crippen LogP) is 10.2. The Morgan fingerprint density at radius 2 is 0.949 bits per heavy atom. The summed E-state index contributed by atoms with van der Waals surface area (Å²) in [6.45, 7) is 0. The molecule has 2 nitrogen and oxygen atoms in total. The summed E-state index contributed by atoms with van der Waals surface area (Å²) in [6.07, 6.45) is 0. The first-order valence-corrected chi connectivity index (χ1v) is 14.1. The first-order valence-electron chi connectivity index (χ1n) is 13.3. The Hall–Kier alpha value is -4.86. The van der Waals surface area contributed by atoms with Gasteiger partial charge in [0.2, 0.25) is 0 Å². The van der Waals surface area contributed by atoms with Crippen molar-refractivity contribution in [3.05, 3.63) is 133 Å². The van der Waals surface area contributed by atoms with Crippen molar-refractivity contribution in [3.8, 4) is 11.4 Å². The summed E-state index contributed by atoms with van der Waals surface area (Å²) in [6, 6.07) is 48.5. The van der Waals surface area contributed by atoms with Crippen LogP contribution in [-0.2, 0) is 0 Å². The fourth-order valence-electron chi connectivity index (χ4n) is 6.54. The number of hydrogen-bond acceptors (Lipinski definition) is 1. The van der Waals surface area contributed by atoms with E-state index in [1.165, 1.54) is 75.2 Å². The molecule has 0 aliphatic heterocycles. The molecule has 3 heteroatoms. The molecule has 0 aliphatic rings. The van der Waals surface area contributed by atoms with Gasteiger partial charge in [-0.15, -0.1) is 11.3 Å². The summed E-state index contributed by atoms with van der Waals surface area (Å²) in [5.41, 5.74) is 7.37. The quantitative estimate of drug-likeness (QED) is 0.217. The molecule has 0 radical (unpaired) electrons. The Morgan fingerprint density at radius 3 is 1.69 bits per heavy atom.